The number of amides is 1. The molecular formula is C12H24N4O2. The Kier molecular flexibility index (Phi) is 5.91. The van der Waals surface area contributed by atoms with Gasteiger partial charge in [-0.15, -0.1) is 0 Å². The fraction of sp³-hybridized carbons (Fsp3) is 0.833. The Morgan fingerprint density at radius 3 is 2.50 bits per heavy atom. The monoisotopic (exact) mass is 256 g/mol. The number of carbonyl (C=O) groups excluding carboxylic acids is 1. The highest BCUT2D eigenvalue weighted by atomic mass is 16.4. The van der Waals surface area contributed by atoms with Crippen LogP contribution in [0.5, 0.6) is 0 Å². The van der Waals surface area contributed by atoms with Crippen molar-refractivity contribution in [2.24, 2.45) is 16.8 Å². The van der Waals surface area contributed by atoms with E-state index in [1.165, 1.54) is 0 Å². The first-order chi connectivity index (χ1) is 8.58. The molecule has 0 aliphatic carbocycles. The third-order valence-electron chi connectivity index (χ3n) is 3.34. The van der Waals surface area contributed by atoms with Crippen LogP contribution in [0.25, 0.3) is 0 Å². The molecule has 1 unspecified atom stereocenters. The molecule has 6 heteroatoms. The Morgan fingerprint density at radius 2 is 2.00 bits per heavy atom. The van der Waals surface area contributed by atoms with E-state index in [0.29, 0.717) is 6.54 Å². The molecule has 0 saturated carbocycles. The van der Waals surface area contributed by atoms with Crippen molar-refractivity contribution in [2.45, 2.75) is 26.7 Å². The van der Waals surface area contributed by atoms with Crippen molar-refractivity contribution >= 4 is 11.7 Å². The molecule has 0 spiro atoms. The Morgan fingerprint density at radius 1 is 1.39 bits per heavy atom. The van der Waals surface area contributed by atoms with Crippen molar-refractivity contribution in [1.82, 2.24) is 9.80 Å². The van der Waals surface area contributed by atoms with Gasteiger partial charge in [0.2, 0.25) is 5.91 Å². The van der Waals surface area contributed by atoms with Crippen molar-refractivity contribution in [3.05, 3.63) is 0 Å². The van der Waals surface area contributed by atoms with Crippen LogP contribution in [-0.2, 0) is 4.79 Å². The largest absolute Gasteiger partial charge is 0.409 e. The molecule has 1 saturated heterocycles. The van der Waals surface area contributed by atoms with Crippen LogP contribution in [0.1, 0.15) is 26.7 Å². The highest BCUT2D eigenvalue weighted by Gasteiger charge is 2.24. The lowest BCUT2D eigenvalue weighted by Gasteiger charge is -2.35. The van der Waals surface area contributed by atoms with Crippen LogP contribution in [0, 0.1) is 5.92 Å². The summed E-state index contributed by atoms with van der Waals surface area (Å²) in [6.45, 7) is 7.56. The molecule has 1 aliphatic rings. The number of nitrogens with zero attached hydrogens (tertiary/aromatic N) is 3. The Hall–Kier alpha value is -1.30. The second kappa shape index (κ2) is 7.20. The molecule has 3 N–H and O–H groups in total. The number of hydrogen-bond acceptors (Lipinski definition) is 4. The molecule has 0 bridgehead atoms. The van der Waals surface area contributed by atoms with Crippen molar-refractivity contribution in [2.75, 3.05) is 32.7 Å². The lowest BCUT2D eigenvalue weighted by Crippen LogP contribution is -2.51. The van der Waals surface area contributed by atoms with Gasteiger partial charge in [0.1, 0.15) is 0 Å². The summed E-state index contributed by atoms with van der Waals surface area (Å²) >= 11 is 0. The van der Waals surface area contributed by atoms with Crippen LogP contribution < -0.4 is 5.73 Å². The molecule has 18 heavy (non-hydrogen) atoms. The summed E-state index contributed by atoms with van der Waals surface area (Å²) in [7, 11) is 0. The molecule has 6 nitrogen and oxygen atoms in total. The molecule has 0 aromatic rings. The number of rotatable bonds is 5. The molecule has 1 heterocycles. The number of amidine groups is 1. The van der Waals surface area contributed by atoms with Crippen LogP contribution in [0.4, 0.5) is 0 Å². The van der Waals surface area contributed by atoms with Crippen LogP contribution >= 0.6 is 0 Å². The van der Waals surface area contributed by atoms with Gasteiger partial charge in [0.05, 0.1) is 6.54 Å². The molecule has 0 aromatic heterocycles. The number of nitrogens with two attached hydrogens (primary N) is 1. The van der Waals surface area contributed by atoms with E-state index in [0.717, 1.165) is 39.0 Å². The summed E-state index contributed by atoms with van der Waals surface area (Å²) < 4.78 is 0. The summed E-state index contributed by atoms with van der Waals surface area (Å²) in [5.74, 6) is 0.583. The SMILES string of the molecule is CCCC(C)C(=O)N1CCN(CC(N)=NO)CC1. The summed E-state index contributed by atoms with van der Waals surface area (Å²) in [5, 5.41) is 11.5. The topological polar surface area (TPSA) is 82.2 Å². The molecular weight excluding hydrogens is 232 g/mol. The maximum atomic E-state index is 12.1. The maximum absolute atomic E-state index is 12.1. The number of piperazine rings is 1. The van der Waals surface area contributed by atoms with Gasteiger partial charge in [0, 0.05) is 32.1 Å². The molecule has 1 aliphatic heterocycles. The van der Waals surface area contributed by atoms with Crippen molar-refractivity contribution < 1.29 is 10.0 Å². The van der Waals surface area contributed by atoms with E-state index in [1.54, 1.807) is 0 Å². The van der Waals surface area contributed by atoms with Gasteiger partial charge in [-0.1, -0.05) is 25.4 Å². The fourth-order valence-electron chi connectivity index (χ4n) is 2.26. The minimum atomic E-state index is 0.116. The minimum Gasteiger partial charge on any atom is -0.409 e. The lowest BCUT2D eigenvalue weighted by molar-refractivity contribution is -0.136. The van der Waals surface area contributed by atoms with E-state index in [9.17, 15) is 4.79 Å². The highest BCUT2D eigenvalue weighted by Crippen LogP contribution is 2.11. The minimum absolute atomic E-state index is 0.116. The highest BCUT2D eigenvalue weighted by molar-refractivity contribution is 5.81. The van der Waals surface area contributed by atoms with Gasteiger partial charge < -0.3 is 15.8 Å². The van der Waals surface area contributed by atoms with Gasteiger partial charge in [-0.25, -0.2) is 0 Å². The van der Waals surface area contributed by atoms with Crippen LogP contribution in [-0.4, -0.2) is 59.5 Å². The molecule has 1 amide bonds. The maximum Gasteiger partial charge on any atom is 0.225 e. The predicted molar refractivity (Wildman–Crippen MR) is 70.5 cm³/mol. The smallest absolute Gasteiger partial charge is 0.225 e. The second-order valence-electron chi connectivity index (χ2n) is 4.88. The van der Waals surface area contributed by atoms with E-state index in [-0.39, 0.29) is 17.7 Å². The quantitative estimate of drug-likeness (QED) is 0.321. The lowest BCUT2D eigenvalue weighted by atomic mass is 10.0. The Bertz CT molecular complexity index is 298. The Balaban J connectivity index is 2.37. The summed E-state index contributed by atoms with van der Waals surface area (Å²) in [5.41, 5.74) is 5.46. The van der Waals surface area contributed by atoms with Gasteiger partial charge in [-0.2, -0.15) is 0 Å². The molecule has 1 atom stereocenters. The van der Waals surface area contributed by atoms with Crippen LogP contribution in [0.2, 0.25) is 0 Å². The van der Waals surface area contributed by atoms with Gasteiger partial charge >= 0.3 is 0 Å². The van der Waals surface area contributed by atoms with Crippen molar-refractivity contribution in [1.29, 1.82) is 0 Å². The van der Waals surface area contributed by atoms with Gasteiger partial charge in [-0.3, -0.25) is 9.69 Å². The Labute approximate surface area is 108 Å². The zero-order valence-electron chi connectivity index (χ0n) is 11.3. The first-order valence-corrected chi connectivity index (χ1v) is 6.56. The van der Waals surface area contributed by atoms with Gasteiger partial charge in [-0.05, 0) is 6.42 Å². The van der Waals surface area contributed by atoms with E-state index in [2.05, 4.69) is 17.0 Å². The van der Waals surface area contributed by atoms with E-state index in [4.69, 9.17) is 10.9 Å². The zero-order valence-corrected chi connectivity index (χ0v) is 11.3. The molecule has 0 radical (unpaired) electrons. The number of hydrogen-bond donors (Lipinski definition) is 2. The number of carbonyl (C=O) groups is 1. The zero-order chi connectivity index (χ0) is 13.5. The van der Waals surface area contributed by atoms with Crippen molar-refractivity contribution in [3.63, 3.8) is 0 Å². The van der Waals surface area contributed by atoms with Gasteiger partial charge in [0.15, 0.2) is 5.84 Å². The molecule has 1 fully saturated rings. The summed E-state index contributed by atoms with van der Waals surface area (Å²) in [6, 6.07) is 0. The average Bonchev–Trinajstić information content (AvgIpc) is 2.39. The standard InChI is InChI=1S/C12H24N4O2/c1-3-4-10(2)12(17)16-7-5-15(6-8-16)9-11(13)14-18/h10,18H,3-9H2,1-2H3,(H2,13,14). The van der Waals surface area contributed by atoms with E-state index >= 15 is 0 Å². The third-order valence-corrected chi connectivity index (χ3v) is 3.34. The first-order valence-electron chi connectivity index (χ1n) is 6.56. The molecule has 0 aromatic carbocycles. The normalized spacial score (nSPS) is 19.9. The van der Waals surface area contributed by atoms with Crippen molar-refractivity contribution in [3.8, 4) is 0 Å². The molecule has 1 rings (SSSR count). The van der Waals surface area contributed by atoms with Gasteiger partial charge in [0.25, 0.3) is 0 Å². The second-order valence-corrected chi connectivity index (χ2v) is 4.88. The summed E-state index contributed by atoms with van der Waals surface area (Å²) in [4.78, 5) is 16.1. The predicted octanol–water partition coefficient (Wildman–Crippen LogP) is 0.313. The molecule has 104 valence electrons. The average molecular weight is 256 g/mol. The summed E-state index contributed by atoms with van der Waals surface area (Å²) in [6.07, 6.45) is 1.99. The first kappa shape index (κ1) is 14.8. The fourth-order valence-corrected chi connectivity index (χ4v) is 2.26. The van der Waals surface area contributed by atoms with Crippen LogP contribution in [0.15, 0.2) is 5.16 Å². The van der Waals surface area contributed by atoms with E-state index in [1.807, 2.05) is 11.8 Å². The third kappa shape index (κ3) is 4.18. The van der Waals surface area contributed by atoms with E-state index < -0.39 is 0 Å². The van der Waals surface area contributed by atoms with Crippen LogP contribution in [0.3, 0.4) is 0 Å². The number of oxime groups is 1.